The van der Waals surface area contributed by atoms with Crippen molar-refractivity contribution < 1.29 is 68.7 Å². The van der Waals surface area contributed by atoms with E-state index in [-0.39, 0.29) is 31.3 Å². The Labute approximate surface area is 321 Å². The predicted molar refractivity (Wildman–Crippen MR) is 193 cm³/mol. The van der Waals surface area contributed by atoms with Crippen LogP contribution in [0.1, 0.15) is 53.9 Å². The molecule has 9 atom stereocenters. The number of aliphatic imine (C=N–C) groups is 1. The van der Waals surface area contributed by atoms with E-state index in [1.807, 2.05) is 5.32 Å². The molecule has 0 saturated carbocycles. The normalized spacial score (nSPS) is 15.8. The first kappa shape index (κ1) is 50.3. The molecule has 318 valence electrons. The van der Waals surface area contributed by atoms with Gasteiger partial charge in [-0.1, -0.05) is 13.8 Å². The summed E-state index contributed by atoms with van der Waals surface area (Å²) in [6.07, 6.45) is -4.22. The van der Waals surface area contributed by atoms with E-state index in [1.54, 1.807) is 13.8 Å². The summed E-state index contributed by atoms with van der Waals surface area (Å²) in [6.45, 7) is 4.81. The lowest BCUT2D eigenvalue weighted by Crippen LogP contribution is -2.60. The van der Waals surface area contributed by atoms with Crippen molar-refractivity contribution in [3.8, 4) is 0 Å². The standard InChI is InChI=1S/C31H55N11O14/c1-12(2)21(32)28(53)40-18(11-43)27(52)39-17(9-20(47)48)26(51)38-16(7-6-8-35-31(33)34)25(50)36-10-19(46)41-22(14(4)44)29(54)37-13(3)24(49)42-23(15(5)45)30(55)56/h12-18,21-23,43-45H,6-11,32H2,1-5H3,(H,36,50)(H,37,54)(H,38,51)(H,39,52)(H,40,53)(H,41,46)(H,42,49)(H,47,48)(H,55,56)(H4,33,34,35)/t13-,14+,15+,16-,17-,18-,21-,22-,23-/m0/s1. The number of hydrogen-bond donors (Lipinski definition) is 15. The van der Waals surface area contributed by atoms with Gasteiger partial charge >= 0.3 is 11.9 Å². The third-order valence-electron chi connectivity index (χ3n) is 7.73. The van der Waals surface area contributed by atoms with Crippen LogP contribution < -0.4 is 54.4 Å². The van der Waals surface area contributed by atoms with Gasteiger partial charge < -0.3 is 80.0 Å². The zero-order chi connectivity index (χ0) is 43.4. The van der Waals surface area contributed by atoms with Crippen molar-refractivity contribution >= 4 is 59.2 Å². The summed E-state index contributed by atoms with van der Waals surface area (Å²) in [6, 6.07) is -10.9. The Kier molecular flexibility index (Phi) is 22.2. The van der Waals surface area contributed by atoms with Gasteiger partial charge in [-0.2, -0.15) is 0 Å². The van der Waals surface area contributed by atoms with Gasteiger partial charge in [-0.3, -0.25) is 43.3 Å². The van der Waals surface area contributed by atoms with Gasteiger partial charge in [-0.15, -0.1) is 0 Å². The van der Waals surface area contributed by atoms with Gasteiger partial charge in [0, 0.05) is 6.54 Å². The molecular weight excluding hydrogens is 750 g/mol. The van der Waals surface area contributed by atoms with Crippen LogP contribution in [0.2, 0.25) is 0 Å². The second kappa shape index (κ2) is 24.7. The van der Waals surface area contributed by atoms with Crippen LogP contribution in [0, 0.1) is 5.92 Å². The highest BCUT2D eigenvalue weighted by Crippen LogP contribution is 2.04. The van der Waals surface area contributed by atoms with Gasteiger partial charge in [-0.25, -0.2) is 4.79 Å². The summed E-state index contributed by atoms with van der Waals surface area (Å²) < 4.78 is 0. The zero-order valence-electron chi connectivity index (χ0n) is 31.6. The predicted octanol–water partition coefficient (Wildman–Crippen LogP) is -7.62. The number of aliphatic hydroxyl groups excluding tert-OH is 3. The number of rotatable bonds is 25. The minimum absolute atomic E-state index is 0.0359. The van der Waals surface area contributed by atoms with Crippen LogP contribution in [0.25, 0.3) is 0 Å². The summed E-state index contributed by atoms with van der Waals surface area (Å²) in [5, 5.41) is 63.1. The molecule has 25 heteroatoms. The van der Waals surface area contributed by atoms with E-state index in [9.17, 15) is 63.6 Å². The molecule has 0 saturated heterocycles. The van der Waals surface area contributed by atoms with Crippen molar-refractivity contribution in [2.45, 2.75) is 108 Å². The molecule has 0 aliphatic rings. The van der Waals surface area contributed by atoms with Gasteiger partial charge in [0.1, 0.15) is 30.2 Å². The van der Waals surface area contributed by atoms with E-state index in [0.717, 1.165) is 20.8 Å². The Morgan fingerprint density at radius 3 is 1.66 bits per heavy atom. The number of aliphatic carboxylic acids is 2. The van der Waals surface area contributed by atoms with Gasteiger partial charge in [-0.05, 0) is 39.5 Å². The van der Waals surface area contributed by atoms with E-state index >= 15 is 0 Å². The fourth-order valence-electron chi connectivity index (χ4n) is 4.42. The number of nitrogens with two attached hydrogens (primary N) is 3. The molecule has 0 radical (unpaired) electrons. The van der Waals surface area contributed by atoms with Crippen LogP contribution in [-0.4, -0.2) is 159 Å². The number of guanidine groups is 1. The molecule has 0 bridgehead atoms. The first-order chi connectivity index (χ1) is 25.9. The second-order valence-electron chi connectivity index (χ2n) is 13.0. The minimum Gasteiger partial charge on any atom is -0.481 e. The van der Waals surface area contributed by atoms with E-state index in [0.29, 0.717) is 0 Å². The van der Waals surface area contributed by atoms with Gasteiger partial charge in [0.15, 0.2) is 12.0 Å². The summed E-state index contributed by atoms with van der Waals surface area (Å²) in [4.78, 5) is 116. The number of carboxylic acid groups (broad SMARTS) is 2. The molecule has 56 heavy (non-hydrogen) atoms. The molecule has 0 rings (SSSR count). The number of carbonyl (C=O) groups is 9. The number of amides is 7. The molecule has 0 aromatic heterocycles. The topological polar surface area (TPSA) is 429 Å². The molecule has 0 aromatic carbocycles. The Morgan fingerprint density at radius 1 is 0.643 bits per heavy atom. The van der Waals surface area contributed by atoms with Crippen molar-refractivity contribution in [1.29, 1.82) is 0 Å². The maximum absolute atomic E-state index is 13.3. The lowest BCUT2D eigenvalue weighted by molar-refractivity contribution is -0.145. The largest absolute Gasteiger partial charge is 0.481 e. The van der Waals surface area contributed by atoms with Crippen molar-refractivity contribution in [1.82, 2.24) is 37.2 Å². The zero-order valence-corrected chi connectivity index (χ0v) is 31.6. The maximum atomic E-state index is 13.3. The number of carboxylic acids is 2. The van der Waals surface area contributed by atoms with E-state index in [1.165, 1.54) is 0 Å². The van der Waals surface area contributed by atoms with Gasteiger partial charge in [0.05, 0.1) is 37.8 Å². The third kappa shape index (κ3) is 18.6. The molecule has 18 N–H and O–H groups in total. The minimum atomic E-state index is -1.85. The van der Waals surface area contributed by atoms with Crippen molar-refractivity contribution in [3.05, 3.63) is 0 Å². The van der Waals surface area contributed by atoms with Crippen LogP contribution in [-0.2, 0) is 43.2 Å². The first-order valence-corrected chi connectivity index (χ1v) is 17.2. The van der Waals surface area contributed by atoms with Gasteiger partial charge in [0.25, 0.3) is 0 Å². The number of nitrogens with zero attached hydrogens (tertiary/aromatic N) is 1. The average Bonchev–Trinajstić information content (AvgIpc) is 3.09. The van der Waals surface area contributed by atoms with Crippen molar-refractivity contribution in [3.63, 3.8) is 0 Å². The van der Waals surface area contributed by atoms with E-state index in [2.05, 4.69) is 36.9 Å². The maximum Gasteiger partial charge on any atom is 0.328 e. The second-order valence-corrected chi connectivity index (χ2v) is 13.0. The Bertz CT molecular complexity index is 1440. The average molecular weight is 806 g/mol. The first-order valence-electron chi connectivity index (χ1n) is 17.2. The highest BCUT2D eigenvalue weighted by Gasteiger charge is 2.34. The molecule has 0 unspecified atom stereocenters. The third-order valence-corrected chi connectivity index (χ3v) is 7.73. The summed E-state index contributed by atoms with van der Waals surface area (Å²) in [5.74, 6) is -11.1. The Balaban J connectivity index is 5.87. The number of hydrogen-bond acceptors (Lipinski definition) is 14. The highest BCUT2D eigenvalue weighted by atomic mass is 16.4. The fraction of sp³-hybridized carbons (Fsp3) is 0.677. The van der Waals surface area contributed by atoms with Crippen molar-refractivity contribution in [2.24, 2.45) is 28.1 Å². The van der Waals surface area contributed by atoms with Crippen LogP contribution in [0.5, 0.6) is 0 Å². The molecule has 25 nitrogen and oxygen atoms in total. The molecule has 0 spiro atoms. The molecule has 0 aromatic rings. The summed E-state index contributed by atoms with van der Waals surface area (Å²) >= 11 is 0. The van der Waals surface area contributed by atoms with Crippen LogP contribution >= 0.6 is 0 Å². The molecule has 7 amide bonds. The molecular formula is C31H55N11O14. The molecule has 0 aliphatic carbocycles. The number of nitrogens with one attached hydrogen (secondary N) is 7. The van der Waals surface area contributed by atoms with E-state index in [4.69, 9.17) is 22.3 Å². The molecule has 0 aliphatic heterocycles. The Morgan fingerprint density at radius 2 is 1.18 bits per heavy atom. The van der Waals surface area contributed by atoms with E-state index < -0.39 is 127 Å². The van der Waals surface area contributed by atoms with Crippen LogP contribution in [0.3, 0.4) is 0 Å². The van der Waals surface area contributed by atoms with Crippen LogP contribution in [0.15, 0.2) is 4.99 Å². The SMILES string of the molecule is CC(C)[C@H](N)C(=O)N[C@@H](CO)C(=O)N[C@@H](CC(=O)O)C(=O)N[C@@H](CCCN=C(N)N)C(=O)NCC(=O)N[C@H](C(=O)N[C@@H](C)C(=O)N[C@H](C(=O)O)[C@@H](C)O)[C@@H](C)O. The molecule has 0 heterocycles. The number of aliphatic hydroxyl groups is 3. The monoisotopic (exact) mass is 805 g/mol. The summed E-state index contributed by atoms with van der Waals surface area (Å²) in [5.41, 5.74) is 16.4. The van der Waals surface area contributed by atoms with Crippen LogP contribution in [0.4, 0.5) is 0 Å². The Hall–Kier alpha value is -5.66. The quantitative estimate of drug-likeness (QED) is 0.0231. The highest BCUT2D eigenvalue weighted by molar-refractivity contribution is 5.97. The molecule has 0 fully saturated rings. The van der Waals surface area contributed by atoms with Crippen molar-refractivity contribution in [2.75, 3.05) is 19.7 Å². The fourth-order valence-corrected chi connectivity index (χ4v) is 4.42. The van der Waals surface area contributed by atoms with Gasteiger partial charge in [0.2, 0.25) is 41.4 Å². The number of carbonyl (C=O) groups excluding carboxylic acids is 7. The smallest absolute Gasteiger partial charge is 0.328 e. The lowest BCUT2D eigenvalue weighted by atomic mass is 10.0. The lowest BCUT2D eigenvalue weighted by Gasteiger charge is -2.25. The summed E-state index contributed by atoms with van der Waals surface area (Å²) in [7, 11) is 0.